The maximum absolute atomic E-state index is 12.5. The van der Waals surface area contributed by atoms with Gasteiger partial charge in [0.1, 0.15) is 0 Å². The number of carbonyl (C=O) groups excluding carboxylic acids is 2. The van der Waals surface area contributed by atoms with E-state index in [1.807, 2.05) is 17.0 Å². The van der Waals surface area contributed by atoms with E-state index in [9.17, 15) is 9.59 Å². The molecule has 1 fully saturated rings. The van der Waals surface area contributed by atoms with Gasteiger partial charge in [-0.2, -0.15) is 0 Å². The van der Waals surface area contributed by atoms with Crippen LogP contribution in [-0.2, 0) is 9.53 Å². The van der Waals surface area contributed by atoms with Crippen LogP contribution < -0.4 is 0 Å². The molecule has 5 heteroatoms. The van der Waals surface area contributed by atoms with Crippen LogP contribution in [0.4, 0.5) is 0 Å². The third-order valence-electron chi connectivity index (χ3n) is 3.61. The Labute approximate surface area is 127 Å². The Morgan fingerprint density at radius 3 is 2.65 bits per heavy atom. The summed E-state index contributed by atoms with van der Waals surface area (Å²) in [6.45, 7) is 0.705. The first-order chi connectivity index (χ1) is 9.61. The smallest absolute Gasteiger partial charge is 0.307 e. The fourth-order valence-corrected chi connectivity index (χ4v) is 2.78. The number of ether oxygens (including phenoxy) is 1. The van der Waals surface area contributed by atoms with Crippen LogP contribution in [0.3, 0.4) is 0 Å². The number of likely N-dealkylation sites (tertiary alicyclic amines) is 1. The predicted octanol–water partition coefficient (Wildman–Crippen LogP) is 3.01. The highest BCUT2D eigenvalue weighted by Crippen LogP contribution is 2.23. The van der Waals surface area contributed by atoms with E-state index in [0.717, 1.165) is 23.7 Å². The van der Waals surface area contributed by atoms with Gasteiger partial charge in [0.05, 0.1) is 13.5 Å². The maximum Gasteiger partial charge on any atom is 0.307 e. The van der Waals surface area contributed by atoms with Crippen molar-refractivity contribution in [2.75, 3.05) is 13.7 Å². The average molecular weight is 340 g/mol. The second-order valence-corrected chi connectivity index (χ2v) is 5.85. The number of carbonyl (C=O) groups is 2. The lowest BCUT2D eigenvalue weighted by Crippen LogP contribution is -2.44. The lowest BCUT2D eigenvalue weighted by atomic mass is 9.98. The van der Waals surface area contributed by atoms with Gasteiger partial charge >= 0.3 is 5.97 Å². The lowest BCUT2D eigenvalue weighted by Gasteiger charge is -2.35. The van der Waals surface area contributed by atoms with Crippen LogP contribution in [-0.4, -0.2) is 36.5 Å². The van der Waals surface area contributed by atoms with Crippen molar-refractivity contribution in [1.29, 1.82) is 0 Å². The summed E-state index contributed by atoms with van der Waals surface area (Å²) >= 11 is 3.36. The Balaban J connectivity index is 2.12. The second kappa shape index (κ2) is 6.88. The summed E-state index contributed by atoms with van der Waals surface area (Å²) in [5.74, 6) is -0.267. The van der Waals surface area contributed by atoms with Crippen LogP contribution in [0.25, 0.3) is 0 Å². The van der Waals surface area contributed by atoms with Crippen molar-refractivity contribution >= 4 is 27.8 Å². The summed E-state index contributed by atoms with van der Waals surface area (Å²) in [4.78, 5) is 25.8. The monoisotopic (exact) mass is 339 g/mol. The van der Waals surface area contributed by atoms with Crippen molar-refractivity contribution in [2.45, 2.75) is 31.7 Å². The van der Waals surface area contributed by atoms with E-state index in [2.05, 4.69) is 15.9 Å². The molecule has 0 radical (unpaired) electrons. The Morgan fingerprint density at radius 1 is 1.30 bits per heavy atom. The Morgan fingerprint density at radius 2 is 2.00 bits per heavy atom. The van der Waals surface area contributed by atoms with Crippen molar-refractivity contribution in [1.82, 2.24) is 4.90 Å². The molecule has 0 saturated carbocycles. The zero-order valence-electron chi connectivity index (χ0n) is 11.5. The summed E-state index contributed by atoms with van der Waals surface area (Å²) in [6.07, 6.45) is 3.17. The summed E-state index contributed by atoms with van der Waals surface area (Å²) in [7, 11) is 1.38. The highest BCUT2D eigenvalue weighted by Gasteiger charge is 2.29. The molecule has 1 unspecified atom stereocenters. The molecule has 0 aliphatic carbocycles. The fourth-order valence-electron chi connectivity index (χ4n) is 2.51. The van der Waals surface area contributed by atoms with Crippen molar-refractivity contribution in [3.05, 3.63) is 34.3 Å². The molecule has 2 rings (SSSR count). The first kappa shape index (κ1) is 15.0. The Kier molecular flexibility index (Phi) is 5.17. The molecule has 0 aromatic heterocycles. The highest BCUT2D eigenvalue weighted by atomic mass is 79.9. The molecule has 1 aliphatic heterocycles. The minimum atomic E-state index is -0.259. The number of amides is 1. The van der Waals surface area contributed by atoms with Gasteiger partial charge < -0.3 is 9.64 Å². The first-order valence-electron chi connectivity index (χ1n) is 6.75. The van der Waals surface area contributed by atoms with E-state index in [4.69, 9.17) is 4.74 Å². The third-order valence-corrected chi connectivity index (χ3v) is 4.14. The number of halogens is 1. The van der Waals surface area contributed by atoms with Gasteiger partial charge in [-0.25, -0.2) is 0 Å². The number of esters is 1. The molecular formula is C15H18BrNO3. The number of nitrogens with zero attached hydrogens (tertiary/aromatic N) is 1. The largest absolute Gasteiger partial charge is 0.469 e. The average Bonchev–Trinajstić information content (AvgIpc) is 2.48. The number of piperidine rings is 1. The number of rotatable bonds is 3. The SMILES string of the molecule is COC(=O)CC1CCCCN1C(=O)c1ccc(Br)cc1. The van der Waals surface area contributed by atoms with Gasteiger partial charge in [0.15, 0.2) is 0 Å². The minimum Gasteiger partial charge on any atom is -0.469 e. The highest BCUT2D eigenvalue weighted by molar-refractivity contribution is 9.10. The third kappa shape index (κ3) is 3.60. The molecule has 1 aromatic carbocycles. The van der Waals surface area contributed by atoms with Crippen LogP contribution in [0.1, 0.15) is 36.0 Å². The van der Waals surface area contributed by atoms with Crippen molar-refractivity contribution in [2.24, 2.45) is 0 Å². The molecule has 0 bridgehead atoms. The molecule has 0 spiro atoms. The molecule has 1 heterocycles. The molecule has 1 aliphatic rings. The van der Waals surface area contributed by atoms with Gasteiger partial charge in [-0.15, -0.1) is 0 Å². The van der Waals surface area contributed by atoms with Gasteiger partial charge in [-0.05, 0) is 43.5 Å². The molecule has 4 nitrogen and oxygen atoms in total. The number of hydrogen-bond donors (Lipinski definition) is 0. The standard InChI is InChI=1S/C15H18BrNO3/c1-20-14(18)10-13-4-2-3-9-17(13)15(19)11-5-7-12(16)8-6-11/h5-8,13H,2-4,9-10H2,1H3. The Bertz CT molecular complexity index is 486. The molecule has 1 atom stereocenters. The lowest BCUT2D eigenvalue weighted by molar-refractivity contribution is -0.142. The first-order valence-corrected chi connectivity index (χ1v) is 7.54. The Hall–Kier alpha value is -1.36. The van der Waals surface area contributed by atoms with E-state index >= 15 is 0 Å². The molecule has 1 aromatic rings. The predicted molar refractivity (Wildman–Crippen MR) is 79.5 cm³/mol. The van der Waals surface area contributed by atoms with Crippen molar-refractivity contribution in [3.8, 4) is 0 Å². The zero-order valence-corrected chi connectivity index (χ0v) is 13.1. The fraction of sp³-hybridized carbons (Fsp3) is 0.467. The van der Waals surface area contributed by atoms with Crippen LogP contribution in [0.2, 0.25) is 0 Å². The topological polar surface area (TPSA) is 46.6 Å². The van der Waals surface area contributed by atoms with Crippen molar-refractivity contribution < 1.29 is 14.3 Å². The van der Waals surface area contributed by atoms with E-state index in [1.54, 1.807) is 12.1 Å². The number of benzene rings is 1. The summed E-state index contributed by atoms with van der Waals surface area (Å²) < 4.78 is 5.66. The molecule has 20 heavy (non-hydrogen) atoms. The molecule has 1 saturated heterocycles. The van der Waals surface area contributed by atoms with Crippen molar-refractivity contribution in [3.63, 3.8) is 0 Å². The number of methoxy groups -OCH3 is 1. The normalized spacial score (nSPS) is 18.7. The van der Waals surface area contributed by atoms with Crippen LogP contribution in [0, 0.1) is 0 Å². The summed E-state index contributed by atoms with van der Waals surface area (Å²) in [6, 6.07) is 7.26. The number of hydrogen-bond acceptors (Lipinski definition) is 3. The van der Waals surface area contributed by atoms with Gasteiger partial charge in [-0.1, -0.05) is 15.9 Å². The minimum absolute atomic E-state index is 0.00824. The van der Waals surface area contributed by atoms with Crippen LogP contribution >= 0.6 is 15.9 Å². The summed E-state index contributed by atoms with van der Waals surface area (Å²) in [5, 5.41) is 0. The van der Waals surface area contributed by atoms with E-state index in [0.29, 0.717) is 12.1 Å². The van der Waals surface area contributed by atoms with Gasteiger partial charge in [0.2, 0.25) is 0 Å². The maximum atomic E-state index is 12.5. The molecule has 1 amide bonds. The van der Waals surface area contributed by atoms with E-state index < -0.39 is 0 Å². The quantitative estimate of drug-likeness (QED) is 0.795. The molecular weight excluding hydrogens is 322 g/mol. The van der Waals surface area contributed by atoms with Gasteiger partial charge in [0.25, 0.3) is 5.91 Å². The molecule has 108 valence electrons. The zero-order chi connectivity index (χ0) is 14.5. The van der Waals surface area contributed by atoms with Gasteiger partial charge in [-0.3, -0.25) is 9.59 Å². The van der Waals surface area contributed by atoms with Gasteiger partial charge in [0, 0.05) is 22.6 Å². The van der Waals surface area contributed by atoms with E-state index in [1.165, 1.54) is 7.11 Å². The summed E-state index contributed by atoms with van der Waals surface area (Å²) in [5.41, 5.74) is 0.657. The van der Waals surface area contributed by atoms with E-state index in [-0.39, 0.29) is 24.3 Å². The van der Waals surface area contributed by atoms with Crippen LogP contribution in [0.5, 0.6) is 0 Å². The van der Waals surface area contributed by atoms with Crippen LogP contribution in [0.15, 0.2) is 28.7 Å². The second-order valence-electron chi connectivity index (χ2n) is 4.94. The molecule has 0 N–H and O–H groups in total.